The summed E-state index contributed by atoms with van der Waals surface area (Å²) in [5, 5.41) is 3.62. The molecule has 170 valence electrons. The largest absolute Gasteiger partial charge is 1.00 e. The maximum Gasteiger partial charge on any atom is 0.255 e. The van der Waals surface area contributed by atoms with Gasteiger partial charge in [0.15, 0.2) is 5.69 Å². The topological polar surface area (TPSA) is 24.8 Å². The van der Waals surface area contributed by atoms with Gasteiger partial charge in [0.25, 0.3) is 6.33 Å². The Morgan fingerprint density at radius 2 is 1.46 bits per heavy atom. The zero-order chi connectivity index (χ0) is 22.8. The molecule has 0 unspecified atom stereocenters. The van der Waals surface area contributed by atoms with Gasteiger partial charge in [0.05, 0.1) is 5.52 Å². The first-order valence-electron chi connectivity index (χ1n) is 11.4. The van der Waals surface area contributed by atoms with Gasteiger partial charge >= 0.3 is 0 Å². The Labute approximate surface area is 207 Å². The van der Waals surface area contributed by atoms with Crippen molar-refractivity contribution in [3.63, 3.8) is 0 Å². The summed E-state index contributed by atoms with van der Waals surface area (Å²) in [6, 6.07) is 32.3. The number of hydrogen-bond acceptors (Lipinski definition) is 0. The average Bonchev–Trinajstić information content (AvgIpc) is 3.45. The molecule has 1 N–H and O–H groups in total. The number of aryl methyl sites for hydroxylation is 1. The van der Waals surface area contributed by atoms with Crippen LogP contribution >= 0.6 is 0 Å². The number of pyridine rings is 1. The van der Waals surface area contributed by atoms with Crippen LogP contribution < -0.4 is 16.8 Å². The van der Waals surface area contributed by atoms with E-state index < -0.39 is 0 Å². The second-order valence-corrected chi connectivity index (χ2v) is 8.83. The van der Waals surface area contributed by atoms with Crippen molar-refractivity contribution in [2.75, 3.05) is 0 Å². The second kappa shape index (κ2) is 7.97. The molecule has 3 nitrogen and oxygen atoms in total. The highest BCUT2D eigenvalue weighted by Gasteiger charge is 2.27. The molecule has 35 heavy (non-hydrogen) atoms. The summed E-state index contributed by atoms with van der Waals surface area (Å²) in [5.41, 5.74) is 8.72. The van der Waals surface area contributed by atoms with Crippen LogP contribution in [0.3, 0.4) is 0 Å². The van der Waals surface area contributed by atoms with Crippen molar-refractivity contribution in [2.24, 2.45) is 0 Å². The summed E-state index contributed by atoms with van der Waals surface area (Å²) < 4.78 is 18.2. The molecule has 0 bridgehead atoms. The Kier molecular flexibility index (Phi) is 4.87. The fourth-order valence-electron chi connectivity index (χ4n) is 5.16. The molecular formula is C30H21ClFN3. The first-order valence-corrected chi connectivity index (χ1v) is 11.4. The SMILES string of the molecule is Cc1ccc(-c2c3c4[nH]c5ccccc5c4c4ccccc4[n+]3cn2-c2ccc(F)cc2)cc1.[Cl-]. The molecule has 3 heterocycles. The van der Waals surface area contributed by atoms with Crippen molar-refractivity contribution in [3.8, 4) is 16.9 Å². The fourth-order valence-corrected chi connectivity index (χ4v) is 5.16. The summed E-state index contributed by atoms with van der Waals surface area (Å²) in [6.07, 6.45) is 2.12. The van der Waals surface area contributed by atoms with Crippen LogP contribution in [0.15, 0.2) is 103 Å². The minimum absolute atomic E-state index is 0. The molecule has 0 atom stereocenters. The average molecular weight is 478 g/mol. The molecule has 7 rings (SSSR count). The van der Waals surface area contributed by atoms with E-state index in [1.807, 2.05) is 12.1 Å². The van der Waals surface area contributed by atoms with Gasteiger partial charge in [-0.05, 0) is 49.4 Å². The lowest BCUT2D eigenvalue weighted by Crippen LogP contribution is -3.00. The highest BCUT2D eigenvalue weighted by atomic mass is 35.5. The number of para-hydroxylation sites is 2. The van der Waals surface area contributed by atoms with Gasteiger partial charge in [0.1, 0.15) is 17.0 Å². The van der Waals surface area contributed by atoms with Gasteiger partial charge in [-0.1, -0.05) is 60.2 Å². The predicted octanol–water partition coefficient (Wildman–Crippen LogP) is 4.12. The van der Waals surface area contributed by atoms with Gasteiger partial charge in [-0.2, -0.15) is 8.97 Å². The molecule has 0 aliphatic heterocycles. The highest BCUT2D eigenvalue weighted by Crippen LogP contribution is 2.37. The van der Waals surface area contributed by atoms with Crippen LogP contribution in [0.2, 0.25) is 0 Å². The lowest BCUT2D eigenvalue weighted by molar-refractivity contribution is -0.480. The van der Waals surface area contributed by atoms with Crippen LogP contribution in [-0.2, 0) is 0 Å². The monoisotopic (exact) mass is 477 g/mol. The zero-order valence-electron chi connectivity index (χ0n) is 19.0. The van der Waals surface area contributed by atoms with Gasteiger partial charge in [-0.3, -0.25) is 0 Å². The molecule has 0 aliphatic rings. The van der Waals surface area contributed by atoms with Gasteiger partial charge in [0.2, 0.25) is 5.52 Å². The third-order valence-corrected chi connectivity index (χ3v) is 6.74. The molecule has 4 aromatic carbocycles. The first-order chi connectivity index (χ1) is 16.7. The smallest absolute Gasteiger partial charge is 0.255 e. The summed E-state index contributed by atoms with van der Waals surface area (Å²) >= 11 is 0. The lowest BCUT2D eigenvalue weighted by atomic mass is 10.0. The summed E-state index contributed by atoms with van der Waals surface area (Å²) in [5.74, 6) is -0.242. The van der Waals surface area contributed by atoms with Crippen LogP contribution in [0.1, 0.15) is 5.56 Å². The van der Waals surface area contributed by atoms with E-state index in [-0.39, 0.29) is 18.2 Å². The van der Waals surface area contributed by atoms with E-state index in [0.29, 0.717) is 0 Å². The minimum atomic E-state index is -0.242. The molecule has 0 spiro atoms. The molecule has 0 fully saturated rings. The Balaban J connectivity index is 0.00000229. The summed E-state index contributed by atoms with van der Waals surface area (Å²) in [4.78, 5) is 3.71. The predicted molar refractivity (Wildman–Crippen MR) is 136 cm³/mol. The molecule has 0 radical (unpaired) electrons. The number of fused-ring (bicyclic) bond motifs is 8. The highest BCUT2D eigenvalue weighted by molar-refractivity contribution is 6.23. The van der Waals surface area contributed by atoms with Crippen LogP contribution in [0.5, 0.6) is 0 Å². The first kappa shape index (κ1) is 21.4. The number of nitrogens with zero attached hydrogens (tertiary/aromatic N) is 2. The van der Waals surface area contributed by atoms with Gasteiger partial charge in [-0.15, -0.1) is 0 Å². The van der Waals surface area contributed by atoms with Gasteiger partial charge < -0.3 is 17.4 Å². The molecule has 0 aliphatic carbocycles. The standard InChI is InChI=1S/C30H21FN3.ClH/c1-19-10-12-20(13-11-19)29-30-28-27(23-6-2-4-8-25(23)32-28)24-7-3-5-9-26(24)34(30)18-33(29)22-16-14-21(31)15-17-22;/h2-18,32H,1H3;1H/q+1;/p-1. The number of hydrogen-bond donors (Lipinski definition) is 1. The van der Waals surface area contributed by atoms with Crippen molar-refractivity contribution in [2.45, 2.75) is 6.92 Å². The summed E-state index contributed by atoms with van der Waals surface area (Å²) in [6.45, 7) is 2.10. The number of nitrogens with one attached hydrogen (secondary N) is 1. The van der Waals surface area contributed by atoms with E-state index in [2.05, 4.69) is 100.0 Å². The maximum atomic E-state index is 13.8. The normalized spacial score (nSPS) is 11.5. The third-order valence-electron chi connectivity index (χ3n) is 6.74. The molecule has 0 saturated carbocycles. The minimum Gasteiger partial charge on any atom is -1.00 e. The van der Waals surface area contributed by atoms with E-state index in [4.69, 9.17) is 0 Å². The Morgan fingerprint density at radius 1 is 0.771 bits per heavy atom. The summed E-state index contributed by atoms with van der Waals surface area (Å²) in [7, 11) is 0. The quantitative estimate of drug-likeness (QED) is 0.362. The Hall–Kier alpha value is -4.15. The lowest BCUT2D eigenvalue weighted by Gasteiger charge is -2.04. The van der Waals surface area contributed by atoms with Crippen molar-refractivity contribution < 1.29 is 21.2 Å². The van der Waals surface area contributed by atoms with Crippen LogP contribution in [-0.4, -0.2) is 9.55 Å². The number of rotatable bonds is 2. The van der Waals surface area contributed by atoms with E-state index in [0.717, 1.165) is 39.0 Å². The number of aromatic amines is 1. The number of aromatic nitrogens is 3. The molecular weight excluding hydrogens is 457 g/mol. The molecule has 5 heteroatoms. The van der Waals surface area contributed by atoms with Crippen molar-refractivity contribution in [1.82, 2.24) is 9.55 Å². The Bertz CT molecular complexity index is 1860. The van der Waals surface area contributed by atoms with Crippen molar-refractivity contribution >= 4 is 38.2 Å². The molecule has 3 aromatic heterocycles. The third kappa shape index (κ3) is 3.14. The van der Waals surface area contributed by atoms with Crippen LogP contribution in [0, 0.1) is 12.7 Å². The number of imidazole rings is 1. The van der Waals surface area contributed by atoms with E-state index in [1.165, 1.54) is 33.9 Å². The van der Waals surface area contributed by atoms with Crippen molar-refractivity contribution in [1.29, 1.82) is 0 Å². The van der Waals surface area contributed by atoms with E-state index >= 15 is 0 Å². The molecule has 0 amide bonds. The number of H-pyrrole nitrogens is 1. The fraction of sp³-hybridized carbons (Fsp3) is 0.0333. The van der Waals surface area contributed by atoms with E-state index in [9.17, 15) is 4.39 Å². The second-order valence-electron chi connectivity index (χ2n) is 8.83. The maximum absolute atomic E-state index is 13.8. The zero-order valence-corrected chi connectivity index (χ0v) is 19.7. The van der Waals surface area contributed by atoms with E-state index in [1.54, 1.807) is 0 Å². The molecule has 7 aromatic rings. The Morgan fingerprint density at radius 3 is 2.23 bits per heavy atom. The van der Waals surface area contributed by atoms with Crippen molar-refractivity contribution in [3.05, 3.63) is 115 Å². The van der Waals surface area contributed by atoms with Crippen LogP contribution in [0.25, 0.3) is 55.2 Å². The number of halogens is 2. The van der Waals surface area contributed by atoms with Gasteiger partial charge in [-0.25, -0.2) is 4.39 Å². The van der Waals surface area contributed by atoms with Crippen LogP contribution in [0.4, 0.5) is 4.39 Å². The van der Waals surface area contributed by atoms with Gasteiger partial charge in [0, 0.05) is 27.2 Å². The molecule has 0 saturated heterocycles. The number of benzene rings is 4.